The number of fused-ring (bicyclic) bond motifs is 2. The number of aliphatic carboxylic acids is 1. The molecule has 0 bridgehead atoms. The number of ketones is 1. The van der Waals surface area contributed by atoms with Gasteiger partial charge < -0.3 is 19.7 Å². The normalized spacial score (nSPS) is 23.2. The highest BCUT2D eigenvalue weighted by Gasteiger charge is 2.41. The number of carboxylic acids is 1. The lowest BCUT2D eigenvalue weighted by atomic mass is 9.81. The second kappa shape index (κ2) is 7.15. The molecule has 2 aliphatic rings. The van der Waals surface area contributed by atoms with Crippen LogP contribution in [0.15, 0.2) is 6.08 Å². The van der Waals surface area contributed by atoms with Crippen molar-refractivity contribution < 1.29 is 29.3 Å². The molecule has 6 heteroatoms. The summed E-state index contributed by atoms with van der Waals surface area (Å²) in [6.07, 6.45) is 4.45. The summed E-state index contributed by atoms with van der Waals surface area (Å²) in [5, 5.41) is 20.4. The van der Waals surface area contributed by atoms with E-state index in [1.165, 1.54) is 0 Å². The van der Waals surface area contributed by atoms with Gasteiger partial charge in [0.1, 0.15) is 34.5 Å². The number of rotatable bonds is 5. The van der Waals surface area contributed by atoms with E-state index in [2.05, 4.69) is 0 Å². The van der Waals surface area contributed by atoms with Crippen LogP contribution in [0.3, 0.4) is 0 Å². The van der Waals surface area contributed by atoms with Crippen LogP contribution in [0.1, 0.15) is 81.3 Å². The zero-order chi connectivity index (χ0) is 20.8. The topological polar surface area (TPSA) is 93.1 Å². The number of Topliss-reactive ketones (excluding diaryl/α,β-unsaturated/α-hetero) is 1. The monoisotopic (exact) mass is 388 g/mol. The van der Waals surface area contributed by atoms with E-state index in [9.17, 15) is 19.8 Å². The van der Waals surface area contributed by atoms with Crippen molar-refractivity contribution in [2.75, 3.05) is 0 Å². The molecule has 2 N–H and O–H groups in total. The van der Waals surface area contributed by atoms with Crippen molar-refractivity contribution in [3.8, 4) is 17.2 Å². The van der Waals surface area contributed by atoms with Gasteiger partial charge in [-0.25, -0.2) is 0 Å². The van der Waals surface area contributed by atoms with Crippen molar-refractivity contribution in [3.05, 3.63) is 22.8 Å². The van der Waals surface area contributed by atoms with Crippen LogP contribution in [0.2, 0.25) is 0 Å². The molecular formula is C22H28O6. The molecule has 1 aromatic carbocycles. The fourth-order valence-electron chi connectivity index (χ4n) is 3.94. The summed E-state index contributed by atoms with van der Waals surface area (Å²) in [7, 11) is 0. The molecule has 0 fully saturated rings. The molecule has 6 nitrogen and oxygen atoms in total. The first-order chi connectivity index (χ1) is 13.1. The maximum atomic E-state index is 13.0. The van der Waals surface area contributed by atoms with Crippen LogP contribution in [0.4, 0.5) is 0 Å². The maximum absolute atomic E-state index is 13.0. The largest absolute Gasteiger partial charge is 0.506 e. The Morgan fingerprint density at radius 1 is 1.29 bits per heavy atom. The Labute approximate surface area is 165 Å². The molecule has 0 aromatic heterocycles. The molecule has 152 valence electrons. The number of carbonyl (C=O) groups excluding carboxylic acids is 1. The van der Waals surface area contributed by atoms with Gasteiger partial charge in [-0.1, -0.05) is 20.3 Å². The van der Waals surface area contributed by atoms with Gasteiger partial charge in [0.05, 0.1) is 17.9 Å². The Hall–Kier alpha value is -2.50. The molecular weight excluding hydrogens is 360 g/mol. The highest BCUT2D eigenvalue weighted by molar-refractivity contribution is 6.06. The standard InChI is InChI=1S/C22H28O6/c1-6-7-13(10-15(23)24)16-20-14(8-9-22(4,5)28-20)19(26)17-18(25)11(2)12(3)27-21(16)17/h8-9,11-13,26H,6-7,10H2,1-5H3,(H,23,24)/t11-,12-,13+/m0/s1. The average molecular weight is 388 g/mol. The van der Waals surface area contributed by atoms with E-state index >= 15 is 0 Å². The molecule has 0 saturated carbocycles. The van der Waals surface area contributed by atoms with Gasteiger partial charge in [-0.3, -0.25) is 9.59 Å². The van der Waals surface area contributed by atoms with Crippen LogP contribution < -0.4 is 9.47 Å². The lowest BCUT2D eigenvalue weighted by Crippen LogP contribution is -2.36. The Bertz CT molecular complexity index is 851. The number of benzene rings is 1. The minimum absolute atomic E-state index is 0.105. The van der Waals surface area contributed by atoms with Gasteiger partial charge in [-0.05, 0) is 39.3 Å². The first-order valence-corrected chi connectivity index (χ1v) is 9.81. The highest BCUT2D eigenvalue weighted by atomic mass is 16.5. The van der Waals surface area contributed by atoms with Gasteiger partial charge in [0, 0.05) is 11.5 Å². The number of ether oxygens (including phenoxy) is 2. The number of hydrogen-bond acceptors (Lipinski definition) is 5. The number of carbonyl (C=O) groups is 2. The molecule has 2 heterocycles. The molecule has 2 aliphatic heterocycles. The van der Waals surface area contributed by atoms with Crippen molar-refractivity contribution in [2.24, 2.45) is 5.92 Å². The van der Waals surface area contributed by atoms with Gasteiger partial charge >= 0.3 is 5.97 Å². The van der Waals surface area contributed by atoms with Crippen LogP contribution in [-0.2, 0) is 4.79 Å². The van der Waals surface area contributed by atoms with Gasteiger partial charge in [-0.2, -0.15) is 0 Å². The third-order valence-corrected chi connectivity index (χ3v) is 5.60. The minimum Gasteiger partial charge on any atom is -0.506 e. The molecule has 1 aromatic rings. The van der Waals surface area contributed by atoms with Crippen LogP contribution in [0, 0.1) is 5.92 Å². The van der Waals surface area contributed by atoms with Crippen LogP contribution >= 0.6 is 0 Å². The number of phenolic OH excluding ortho intramolecular Hbond substituents is 1. The highest BCUT2D eigenvalue weighted by Crippen LogP contribution is 2.53. The summed E-state index contributed by atoms with van der Waals surface area (Å²) in [5.74, 6) is -1.38. The Balaban J connectivity index is 2.34. The zero-order valence-electron chi connectivity index (χ0n) is 17.0. The average Bonchev–Trinajstić information content (AvgIpc) is 2.58. The third-order valence-electron chi connectivity index (χ3n) is 5.60. The van der Waals surface area contributed by atoms with E-state index in [1.807, 2.05) is 33.8 Å². The van der Waals surface area contributed by atoms with Gasteiger partial charge in [0.15, 0.2) is 5.78 Å². The summed E-state index contributed by atoms with van der Waals surface area (Å²) in [5.41, 5.74) is 0.508. The summed E-state index contributed by atoms with van der Waals surface area (Å²) >= 11 is 0. The van der Waals surface area contributed by atoms with Crippen LogP contribution in [0.25, 0.3) is 6.08 Å². The number of aromatic hydroxyl groups is 1. The summed E-state index contributed by atoms with van der Waals surface area (Å²) in [6.45, 7) is 9.33. The van der Waals surface area contributed by atoms with Crippen molar-refractivity contribution in [1.29, 1.82) is 0 Å². The fraction of sp³-hybridized carbons (Fsp3) is 0.545. The molecule has 3 rings (SSSR count). The van der Waals surface area contributed by atoms with E-state index in [0.717, 1.165) is 6.42 Å². The zero-order valence-corrected chi connectivity index (χ0v) is 17.0. The molecule has 0 radical (unpaired) electrons. The molecule has 0 unspecified atom stereocenters. The Morgan fingerprint density at radius 3 is 2.57 bits per heavy atom. The van der Waals surface area contributed by atoms with Crippen LogP contribution in [0.5, 0.6) is 17.2 Å². The molecule has 0 spiro atoms. The number of phenols is 1. The van der Waals surface area contributed by atoms with E-state index in [-0.39, 0.29) is 41.3 Å². The molecule has 0 amide bonds. The van der Waals surface area contributed by atoms with Gasteiger partial charge in [-0.15, -0.1) is 0 Å². The molecule has 3 atom stereocenters. The van der Waals surface area contributed by atoms with E-state index in [4.69, 9.17) is 9.47 Å². The quantitative estimate of drug-likeness (QED) is 0.769. The van der Waals surface area contributed by atoms with Crippen molar-refractivity contribution >= 4 is 17.8 Å². The lowest BCUT2D eigenvalue weighted by molar-refractivity contribution is -0.137. The van der Waals surface area contributed by atoms with Crippen molar-refractivity contribution in [2.45, 2.75) is 71.5 Å². The summed E-state index contributed by atoms with van der Waals surface area (Å²) in [4.78, 5) is 24.6. The predicted octanol–water partition coefficient (Wildman–Crippen LogP) is 4.53. The van der Waals surface area contributed by atoms with E-state index in [0.29, 0.717) is 23.3 Å². The molecule has 0 saturated heterocycles. The minimum atomic E-state index is -0.928. The first kappa shape index (κ1) is 20.2. The summed E-state index contributed by atoms with van der Waals surface area (Å²) in [6, 6.07) is 0. The van der Waals surface area contributed by atoms with Gasteiger partial charge in [0.25, 0.3) is 0 Å². The smallest absolute Gasteiger partial charge is 0.303 e. The summed E-state index contributed by atoms with van der Waals surface area (Å²) < 4.78 is 12.3. The lowest BCUT2D eigenvalue weighted by Gasteiger charge is -2.37. The Kier molecular flexibility index (Phi) is 5.17. The van der Waals surface area contributed by atoms with Crippen molar-refractivity contribution in [1.82, 2.24) is 0 Å². The molecule has 0 aliphatic carbocycles. The Morgan fingerprint density at radius 2 is 1.96 bits per heavy atom. The second-order valence-corrected chi connectivity index (χ2v) is 8.31. The van der Waals surface area contributed by atoms with Crippen LogP contribution in [-0.4, -0.2) is 33.7 Å². The van der Waals surface area contributed by atoms with E-state index < -0.39 is 17.5 Å². The third kappa shape index (κ3) is 3.36. The first-order valence-electron chi connectivity index (χ1n) is 9.81. The fourth-order valence-corrected chi connectivity index (χ4v) is 3.94. The second-order valence-electron chi connectivity index (χ2n) is 8.31. The molecule has 28 heavy (non-hydrogen) atoms. The maximum Gasteiger partial charge on any atom is 0.303 e. The number of hydrogen-bond donors (Lipinski definition) is 2. The van der Waals surface area contributed by atoms with E-state index in [1.54, 1.807) is 13.0 Å². The predicted molar refractivity (Wildman–Crippen MR) is 105 cm³/mol. The SMILES string of the molecule is CCC[C@H](CC(=O)O)c1c2c(c(O)c3c1O[C@@H](C)[C@H](C)C3=O)C=CC(C)(C)O2. The number of carboxylic acid groups (broad SMARTS) is 1. The van der Waals surface area contributed by atoms with Crippen molar-refractivity contribution in [3.63, 3.8) is 0 Å². The van der Waals surface area contributed by atoms with Gasteiger partial charge in [0.2, 0.25) is 0 Å².